The second-order valence-corrected chi connectivity index (χ2v) is 6.69. The molecule has 2 aromatic heterocycles. The van der Waals surface area contributed by atoms with Crippen LogP contribution in [-0.4, -0.2) is 26.3 Å². The van der Waals surface area contributed by atoms with Crippen LogP contribution < -0.4 is 5.32 Å². The fourth-order valence-corrected chi connectivity index (χ4v) is 3.03. The zero-order chi connectivity index (χ0) is 19.7. The van der Waals surface area contributed by atoms with Gasteiger partial charge in [0.25, 0.3) is 5.91 Å². The van der Waals surface area contributed by atoms with Gasteiger partial charge in [0.15, 0.2) is 11.4 Å². The number of Topliss-reactive ketones (excluding diaryl/α,β-unsaturated/α-hetero) is 1. The highest BCUT2D eigenvalue weighted by Gasteiger charge is 2.11. The quantitative estimate of drug-likeness (QED) is 0.520. The molecule has 7 heteroatoms. The Hall–Kier alpha value is -3.51. The molecule has 1 amide bonds. The predicted molar refractivity (Wildman–Crippen MR) is 108 cm³/mol. The average molecular weight is 391 g/mol. The molecular weight excluding hydrogens is 376 g/mol. The highest BCUT2D eigenvalue weighted by atomic mass is 35.5. The maximum Gasteiger partial charge on any atom is 0.258 e. The Kier molecular flexibility index (Phi) is 4.63. The van der Waals surface area contributed by atoms with Crippen molar-refractivity contribution < 1.29 is 9.59 Å². The Balaban J connectivity index is 1.62. The number of pyridine rings is 1. The minimum Gasteiger partial charge on any atom is -0.295 e. The number of hydrogen-bond donors (Lipinski definition) is 1. The van der Waals surface area contributed by atoms with Crippen molar-refractivity contribution in [1.29, 1.82) is 0 Å². The van der Waals surface area contributed by atoms with Gasteiger partial charge in [-0.15, -0.1) is 5.10 Å². The third kappa shape index (κ3) is 3.63. The lowest BCUT2D eigenvalue weighted by molar-refractivity contribution is 0.101. The number of ketones is 1. The molecule has 0 spiro atoms. The van der Waals surface area contributed by atoms with Gasteiger partial charge in [0.2, 0.25) is 5.95 Å². The second kappa shape index (κ2) is 7.25. The first-order chi connectivity index (χ1) is 13.5. The highest BCUT2D eigenvalue weighted by molar-refractivity contribution is 6.31. The molecule has 0 atom stereocenters. The number of rotatable bonds is 4. The zero-order valence-electron chi connectivity index (χ0n) is 14.9. The van der Waals surface area contributed by atoms with Crippen molar-refractivity contribution in [1.82, 2.24) is 14.6 Å². The largest absolute Gasteiger partial charge is 0.295 e. The number of anilines is 1. The monoisotopic (exact) mass is 390 g/mol. The maximum absolute atomic E-state index is 12.3. The molecule has 0 bridgehead atoms. The lowest BCUT2D eigenvalue weighted by atomic mass is 10.0. The molecule has 0 unspecified atom stereocenters. The summed E-state index contributed by atoms with van der Waals surface area (Å²) in [5.41, 5.74) is 3.45. The van der Waals surface area contributed by atoms with Gasteiger partial charge >= 0.3 is 0 Å². The SMILES string of the molecule is CC(=O)c1cccc(-c2ccn3nc(NC(=O)c4cccc(Cl)c4)nc3c2)c1. The summed E-state index contributed by atoms with van der Waals surface area (Å²) < 4.78 is 1.58. The molecule has 2 aromatic carbocycles. The summed E-state index contributed by atoms with van der Waals surface area (Å²) in [4.78, 5) is 28.3. The zero-order valence-corrected chi connectivity index (χ0v) is 15.6. The van der Waals surface area contributed by atoms with Crippen molar-refractivity contribution in [3.8, 4) is 11.1 Å². The molecule has 0 fully saturated rings. The number of benzene rings is 2. The van der Waals surface area contributed by atoms with Crippen LogP contribution >= 0.6 is 11.6 Å². The van der Waals surface area contributed by atoms with Crippen molar-refractivity contribution in [2.24, 2.45) is 0 Å². The first-order valence-corrected chi connectivity index (χ1v) is 8.92. The molecule has 2 heterocycles. The Morgan fingerprint density at radius 1 is 0.964 bits per heavy atom. The van der Waals surface area contributed by atoms with Gasteiger partial charge in [0, 0.05) is 22.3 Å². The number of carbonyl (C=O) groups is 2. The molecule has 28 heavy (non-hydrogen) atoms. The van der Waals surface area contributed by atoms with Gasteiger partial charge in [-0.3, -0.25) is 14.9 Å². The lowest BCUT2D eigenvalue weighted by Crippen LogP contribution is -2.12. The first-order valence-electron chi connectivity index (χ1n) is 8.54. The van der Waals surface area contributed by atoms with Gasteiger partial charge in [-0.05, 0) is 54.4 Å². The van der Waals surface area contributed by atoms with Crippen LogP contribution in [0.3, 0.4) is 0 Å². The van der Waals surface area contributed by atoms with Crippen LogP contribution in [0.5, 0.6) is 0 Å². The van der Waals surface area contributed by atoms with Crippen LogP contribution in [0, 0.1) is 0 Å². The van der Waals surface area contributed by atoms with Crippen molar-refractivity contribution in [3.63, 3.8) is 0 Å². The molecule has 0 aliphatic rings. The number of aromatic nitrogens is 3. The van der Waals surface area contributed by atoms with Crippen LogP contribution in [0.25, 0.3) is 16.8 Å². The summed E-state index contributed by atoms with van der Waals surface area (Å²) >= 11 is 5.93. The fraction of sp³-hybridized carbons (Fsp3) is 0.0476. The topological polar surface area (TPSA) is 76.4 Å². The minimum atomic E-state index is -0.340. The average Bonchev–Trinajstić information content (AvgIpc) is 3.09. The van der Waals surface area contributed by atoms with E-state index >= 15 is 0 Å². The Labute approximate surface area is 165 Å². The Morgan fingerprint density at radius 2 is 1.71 bits per heavy atom. The van der Waals surface area contributed by atoms with E-state index in [0.29, 0.717) is 21.8 Å². The van der Waals surface area contributed by atoms with E-state index in [-0.39, 0.29) is 17.6 Å². The summed E-state index contributed by atoms with van der Waals surface area (Å²) in [6, 6.07) is 17.8. The molecule has 0 aliphatic heterocycles. The van der Waals surface area contributed by atoms with E-state index in [0.717, 1.165) is 11.1 Å². The van der Waals surface area contributed by atoms with Crippen LogP contribution in [0.1, 0.15) is 27.6 Å². The number of nitrogens with zero attached hydrogens (tertiary/aromatic N) is 3. The van der Waals surface area contributed by atoms with E-state index < -0.39 is 0 Å². The predicted octanol–water partition coefficient (Wildman–Crippen LogP) is 4.50. The molecule has 0 saturated carbocycles. The van der Waals surface area contributed by atoms with Crippen LogP contribution in [0.4, 0.5) is 5.95 Å². The molecular formula is C21H15ClN4O2. The minimum absolute atomic E-state index is 0.0106. The van der Waals surface area contributed by atoms with Crippen LogP contribution in [-0.2, 0) is 0 Å². The van der Waals surface area contributed by atoms with Crippen LogP contribution in [0.15, 0.2) is 66.9 Å². The third-order valence-electron chi connectivity index (χ3n) is 4.25. The van der Waals surface area contributed by atoms with Gasteiger partial charge in [-0.25, -0.2) is 4.52 Å². The van der Waals surface area contributed by atoms with Gasteiger partial charge in [0.05, 0.1) is 0 Å². The van der Waals surface area contributed by atoms with E-state index in [1.807, 2.05) is 30.3 Å². The van der Waals surface area contributed by atoms with Crippen molar-refractivity contribution in [3.05, 3.63) is 83.0 Å². The highest BCUT2D eigenvalue weighted by Crippen LogP contribution is 2.22. The van der Waals surface area contributed by atoms with E-state index in [1.165, 1.54) is 6.92 Å². The Morgan fingerprint density at radius 3 is 2.50 bits per heavy atom. The molecule has 138 valence electrons. The van der Waals surface area contributed by atoms with E-state index in [9.17, 15) is 9.59 Å². The van der Waals surface area contributed by atoms with Crippen molar-refractivity contribution in [2.45, 2.75) is 6.92 Å². The van der Waals surface area contributed by atoms with Crippen LogP contribution in [0.2, 0.25) is 5.02 Å². The smallest absolute Gasteiger partial charge is 0.258 e. The summed E-state index contributed by atoms with van der Waals surface area (Å²) in [6.45, 7) is 1.54. The lowest BCUT2D eigenvalue weighted by Gasteiger charge is -2.03. The van der Waals surface area contributed by atoms with Crippen molar-refractivity contribution >= 4 is 34.9 Å². The van der Waals surface area contributed by atoms with E-state index in [2.05, 4.69) is 15.4 Å². The first kappa shape index (κ1) is 17.9. The molecule has 0 aliphatic carbocycles. The number of amides is 1. The summed E-state index contributed by atoms with van der Waals surface area (Å²) in [6.07, 6.45) is 1.76. The number of nitrogens with one attached hydrogen (secondary N) is 1. The molecule has 6 nitrogen and oxygen atoms in total. The number of fused-ring (bicyclic) bond motifs is 1. The maximum atomic E-state index is 12.3. The van der Waals surface area contributed by atoms with Gasteiger partial charge in [-0.1, -0.05) is 35.9 Å². The molecule has 4 rings (SSSR count). The van der Waals surface area contributed by atoms with E-state index in [1.54, 1.807) is 41.0 Å². The fourth-order valence-electron chi connectivity index (χ4n) is 2.84. The summed E-state index contributed by atoms with van der Waals surface area (Å²) in [5.74, 6) is -0.135. The molecule has 0 radical (unpaired) electrons. The number of halogens is 1. The summed E-state index contributed by atoms with van der Waals surface area (Å²) in [5, 5.41) is 7.42. The molecule has 0 saturated heterocycles. The molecule has 4 aromatic rings. The standard InChI is InChI=1S/C21H15ClN4O2/c1-13(27)14-4-2-5-15(10-14)16-8-9-26-19(12-16)23-21(25-26)24-20(28)17-6-3-7-18(22)11-17/h2-12H,1H3,(H,24,25,28). The van der Waals surface area contributed by atoms with E-state index in [4.69, 9.17) is 11.6 Å². The van der Waals surface area contributed by atoms with Gasteiger partial charge in [0.1, 0.15) is 0 Å². The number of hydrogen-bond acceptors (Lipinski definition) is 4. The van der Waals surface area contributed by atoms with Gasteiger partial charge in [-0.2, -0.15) is 4.98 Å². The van der Waals surface area contributed by atoms with Gasteiger partial charge < -0.3 is 0 Å². The Bertz CT molecular complexity index is 1220. The third-order valence-corrected chi connectivity index (χ3v) is 4.49. The number of carbonyl (C=O) groups excluding carboxylic acids is 2. The molecule has 1 N–H and O–H groups in total. The normalized spacial score (nSPS) is 10.8. The second-order valence-electron chi connectivity index (χ2n) is 6.26. The van der Waals surface area contributed by atoms with Crippen molar-refractivity contribution in [2.75, 3.05) is 5.32 Å². The summed E-state index contributed by atoms with van der Waals surface area (Å²) in [7, 11) is 0.